The normalized spacial score (nSPS) is 11.7. The quantitative estimate of drug-likeness (QED) is 0.545. The van der Waals surface area contributed by atoms with Crippen LogP contribution in [-0.2, 0) is 4.79 Å². The minimum atomic E-state index is -0.256. The third-order valence-electron chi connectivity index (χ3n) is 1.95. The number of nitrogens with zero attached hydrogens (tertiary/aromatic N) is 1. The second kappa shape index (κ2) is 3.72. The highest BCUT2D eigenvalue weighted by Gasteiger charge is 2.09. The van der Waals surface area contributed by atoms with Crippen molar-refractivity contribution in [2.24, 2.45) is 0 Å². The number of nitriles is 1. The fourth-order valence-electron chi connectivity index (χ4n) is 1.15. The Hall–Kier alpha value is -1.82. The van der Waals surface area contributed by atoms with Crippen molar-refractivity contribution in [2.75, 3.05) is 5.73 Å². The molecule has 0 aromatic heterocycles. The molecule has 3 heteroatoms. The number of hydrogen-bond donors (Lipinski definition) is 1. The van der Waals surface area contributed by atoms with Gasteiger partial charge in [0.25, 0.3) is 0 Å². The molecule has 0 heterocycles. The molecule has 1 atom stereocenters. The molecule has 0 saturated heterocycles. The van der Waals surface area contributed by atoms with Crippen LogP contribution in [-0.4, -0.2) is 6.29 Å². The van der Waals surface area contributed by atoms with Gasteiger partial charge in [0.15, 0.2) is 0 Å². The third-order valence-corrected chi connectivity index (χ3v) is 1.95. The average Bonchev–Trinajstić information content (AvgIpc) is 2.17. The Balaban J connectivity index is 3.25. The first-order chi connectivity index (χ1) is 6.20. The zero-order chi connectivity index (χ0) is 9.84. The van der Waals surface area contributed by atoms with E-state index < -0.39 is 0 Å². The number of benzene rings is 1. The second-order valence-corrected chi connectivity index (χ2v) is 2.85. The lowest BCUT2D eigenvalue weighted by atomic mass is 9.98. The monoisotopic (exact) mass is 174 g/mol. The van der Waals surface area contributed by atoms with E-state index in [1.807, 2.05) is 6.07 Å². The molecule has 0 amide bonds. The molecule has 0 bridgehead atoms. The van der Waals surface area contributed by atoms with Gasteiger partial charge in [-0.1, -0.05) is 19.1 Å². The Morgan fingerprint density at radius 1 is 1.62 bits per heavy atom. The number of carbonyl (C=O) groups excluding carboxylic acids is 1. The van der Waals surface area contributed by atoms with Crippen molar-refractivity contribution >= 4 is 12.0 Å². The maximum Gasteiger partial charge on any atom is 0.127 e. The van der Waals surface area contributed by atoms with Crippen LogP contribution in [0.4, 0.5) is 5.69 Å². The van der Waals surface area contributed by atoms with Gasteiger partial charge >= 0.3 is 0 Å². The van der Waals surface area contributed by atoms with Gasteiger partial charge in [-0.25, -0.2) is 0 Å². The molecular weight excluding hydrogens is 164 g/mol. The van der Waals surface area contributed by atoms with Crippen LogP contribution in [0.15, 0.2) is 18.2 Å². The van der Waals surface area contributed by atoms with Gasteiger partial charge in [0.1, 0.15) is 12.4 Å². The van der Waals surface area contributed by atoms with Crippen molar-refractivity contribution < 1.29 is 4.79 Å². The molecule has 0 aliphatic carbocycles. The van der Waals surface area contributed by atoms with Crippen molar-refractivity contribution in [1.29, 1.82) is 5.26 Å². The smallest absolute Gasteiger partial charge is 0.127 e. The predicted octanol–water partition coefficient (Wildman–Crippen LogP) is 1.44. The Morgan fingerprint density at radius 3 is 2.85 bits per heavy atom. The highest BCUT2D eigenvalue weighted by Crippen LogP contribution is 2.23. The van der Waals surface area contributed by atoms with E-state index >= 15 is 0 Å². The highest BCUT2D eigenvalue weighted by molar-refractivity contribution is 5.70. The number of rotatable bonds is 2. The van der Waals surface area contributed by atoms with E-state index in [0.717, 1.165) is 6.29 Å². The standard InChI is InChI=1S/C10H10N2O/c1-7(6-13)9-4-2-3-8(5-11)10(9)12/h2-4,6-7H,12H2,1H3. The first-order valence-electron chi connectivity index (χ1n) is 3.94. The highest BCUT2D eigenvalue weighted by atomic mass is 16.1. The fraction of sp³-hybridized carbons (Fsp3) is 0.200. The van der Waals surface area contributed by atoms with Crippen molar-refractivity contribution in [1.82, 2.24) is 0 Å². The van der Waals surface area contributed by atoms with Gasteiger partial charge in [0.2, 0.25) is 0 Å². The molecule has 1 aromatic carbocycles. The Kier molecular flexibility index (Phi) is 2.65. The molecule has 0 spiro atoms. The van der Waals surface area contributed by atoms with Gasteiger partial charge in [-0.2, -0.15) is 5.26 Å². The molecule has 0 aliphatic heterocycles. The summed E-state index contributed by atoms with van der Waals surface area (Å²) in [6.07, 6.45) is 0.812. The minimum absolute atomic E-state index is 0.256. The topological polar surface area (TPSA) is 66.9 Å². The molecule has 66 valence electrons. The first-order valence-corrected chi connectivity index (χ1v) is 3.94. The molecule has 0 radical (unpaired) electrons. The summed E-state index contributed by atoms with van der Waals surface area (Å²) in [5, 5.41) is 8.68. The Morgan fingerprint density at radius 2 is 2.31 bits per heavy atom. The summed E-state index contributed by atoms with van der Waals surface area (Å²) in [7, 11) is 0. The molecule has 1 unspecified atom stereocenters. The Labute approximate surface area is 76.8 Å². The van der Waals surface area contributed by atoms with Gasteiger partial charge in [-0.15, -0.1) is 0 Å². The van der Waals surface area contributed by atoms with Crippen molar-refractivity contribution in [3.63, 3.8) is 0 Å². The van der Waals surface area contributed by atoms with Gasteiger partial charge in [0, 0.05) is 5.92 Å². The summed E-state index contributed by atoms with van der Waals surface area (Å²) in [5.41, 5.74) is 7.24. The SMILES string of the molecule is CC(C=O)c1cccc(C#N)c1N. The Bertz CT molecular complexity index is 366. The van der Waals surface area contributed by atoms with Gasteiger partial charge in [-0.3, -0.25) is 0 Å². The van der Waals surface area contributed by atoms with Crippen LogP contribution in [0.25, 0.3) is 0 Å². The van der Waals surface area contributed by atoms with Gasteiger partial charge < -0.3 is 10.5 Å². The number of carbonyl (C=O) groups is 1. The molecule has 0 aliphatic rings. The number of nitrogens with two attached hydrogens (primary N) is 1. The lowest BCUT2D eigenvalue weighted by Crippen LogP contribution is -2.02. The van der Waals surface area contributed by atoms with Crippen LogP contribution in [0.1, 0.15) is 24.0 Å². The molecule has 2 N–H and O–H groups in total. The fourth-order valence-corrected chi connectivity index (χ4v) is 1.15. The van der Waals surface area contributed by atoms with Crippen molar-refractivity contribution in [3.8, 4) is 6.07 Å². The van der Waals surface area contributed by atoms with Crippen LogP contribution >= 0.6 is 0 Å². The van der Waals surface area contributed by atoms with Crippen LogP contribution < -0.4 is 5.73 Å². The average molecular weight is 174 g/mol. The van der Waals surface area contributed by atoms with Gasteiger partial charge in [0.05, 0.1) is 11.3 Å². The first kappa shape index (κ1) is 9.27. The summed E-state index contributed by atoms with van der Waals surface area (Å²) in [5.74, 6) is -0.256. The number of hydrogen-bond acceptors (Lipinski definition) is 3. The molecule has 0 saturated carbocycles. The van der Waals surface area contributed by atoms with Crippen LogP contribution in [0.3, 0.4) is 0 Å². The van der Waals surface area contributed by atoms with E-state index in [1.54, 1.807) is 25.1 Å². The van der Waals surface area contributed by atoms with E-state index in [1.165, 1.54) is 0 Å². The number of para-hydroxylation sites is 1. The zero-order valence-corrected chi connectivity index (χ0v) is 7.32. The molecule has 3 nitrogen and oxygen atoms in total. The van der Waals surface area contributed by atoms with Crippen molar-refractivity contribution in [3.05, 3.63) is 29.3 Å². The summed E-state index contributed by atoms with van der Waals surface area (Å²) >= 11 is 0. The van der Waals surface area contributed by atoms with E-state index in [9.17, 15) is 4.79 Å². The molecular formula is C10H10N2O. The van der Waals surface area contributed by atoms with Crippen LogP contribution in [0.2, 0.25) is 0 Å². The molecule has 1 aromatic rings. The summed E-state index contributed by atoms with van der Waals surface area (Å²) in [4.78, 5) is 10.5. The third kappa shape index (κ3) is 1.67. The number of nitrogen functional groups attached to an aromatic ring is 1. The van der Waals surface area contributed by atoms with Crippen LogP contribution in [0.5, 0.6) is 0 Å². The summed E-state index contributed by atoms with van der Waals surface area (Å²) < 4.78 is 0. The van der Waals surface area contributed by atoms with E-state index in [0.29, 0.717) is 16.8 Å². The molecule has 1 rings (SSSR count). The van der Waals surface area contributed by atoms with E-state index in [4.69, 9.17) is 11.0 Å². The zero-order valence-electron chi connectivity index (χ0n) is 7.32. The number of aldehydes is 1. The van der Waals surface area contributed by atoms with Crippen molar-refractivity contribution in [2.45, 2.75) is 12.8 Å². The molecule has 0 fully saturated rings. The largest absolute Gasteiger partial charge is 0.397 e. The molecule has 13 heavy (non-hydrogen) atoms. The lowest BCUT2D eigenvalue weighted by Gasteiger charge is -2.08. The maximum atomic E-state index is 10.5. The minimum Gasteiger partial charge on any atom is -0.397 e. The summed E-state index contributed by atoms with van der Waals surface area (Å²) in [6.45, 7) is 1.75. The van der Waals surface area contributed by atoms with E-state index in [2.05, 4.69) is 0 Å². The van der Waals surface area contributed by atoms with E-state index in [-0.39, 0.29) is 5.92 Å². The van der Waals surface area contributed by atoms with Crippen LogP contribution in [0, 0.1) is 11.3 Å². The second-order valence-electron chi connectivity index (χ2n) is 2.85. The lowest BCUT2D eigenvalue weighted by molar-refractivity contribution is -0.108. The predicted molar refractivity (Wildman–Crippen MR) is 50.0 cm³/mol. The maximum absolute atomic E-state index is 10.5. The van der Waals surface area contributed by atoms with Gasteiger partial charge in [-0.05, 0) is 11.6 Å². The summed E-state index contributed by atoms with van der Waals surface area (Å²) in [6, 6.07) is 7.09. The number of anilines is 1.